The van der Waals surface area contributed by atoms with E-state index in [1.54, 1.807) is 0 Å². The van der Waals surface area contributed by atoms with E-state index in [1.807, 2.05) is 18.2 Å². The number of unbranched alkanes of at least 4 members (excludes halogenated alkanes) is 1. The van der Waals surface area contributed by atoms with E-state index in [0.717, 1.165) is 49.5 Å². The molecule has 0 fully saturated rings. The fourth-order valence-electron chi connectivity index (χ4n) is 2.90. The van der Waals surface area contributed by atoms with Gasteiger partial charge in [0, 0.05) is 50.9 Å². The van der Waals surface area contributed by atoms with Gasteiger partial charge < -0.3 is 29.6 Å². The summed E-state index contributed by atoms with van der Waals surface area (Å²) in [6.07, 6.45) is 3.75. The predicted molar refractivity (Wildman–Crippen MR) is 138 cm³/mol. The van der Waals surface area contributed by atoms with Gasteiger partial charge in [0.05, 0.1) is 20.3 Å². The molecule has 1 aliphatic heterocycles. The molecule has 0 saturated carbocycles. The average Bonchev–Trinajstić information content (AvgIpc) is 3.00. The minimum atomic E-state index is -0.180. The van der Waals surface area contributed by atoms with Crippen LogP contribution in [0.15, 0.2) is 23.2 Å². The number of rotatable bonds is 12. The first-order valence-corrected chi connectivity index (χ1v) is 11.2. The van der Waals surface area contributed by atoms with E-state index >= 15 is 0 Å². The van der Waals surface area contributed by atoms with Crippen molar-refractivity contribution in [2.75, 3.05) is 51.9 Å². The molecule has 1 heterocycles. The van der Waals surface area contributed by atoms with E-state index in [-0.39, 0.29) is 29.9 Å². The zero-order valence-electron chi connectivity index (χ0n) is 19.5. The number of esters is 1. The number of guanidine groups is 1. The summed E-state index contributed by atoms with van der Waals surface area (Å²) in [5, 5.41) is 6.68. The van der Waals surface area contributed by atoms with Crippen molar-refractivity contribution in [2.24, 2.45) is 10.9 Å². The van der Waals surface area contributed by atoms with Crippen LogP contribution in [0.25, 0.3) is 0 Å². The number of fused-ring (bicyclic) bond motifs is 1. The number of hydrogen-bond acceptors (Lipinski definition) is 6. The van der Waals surface area contributed by atoms with E-state index in [1.165, 1.54) is 7.11 Å². The number of nitrogens with one attached hydrogen (secondary N) is 2. The Morgan fingerprint density at radius 2 is 1.94 bits per heavy atom. The molecule has 1 aromatic carbocycles. The van der Waals surface area contributed by atoms with Gasteiger partial charge in [0.2, 0.25) is 0 Å². The molecule has 2 N–H and O–H groups in total. The molecule has 0 amide bonds. The highest BCUT2D eigenvalue weighted by Crippen LogP contribution is 2.32. The van der Waals surface area contributed by atoms with Crippen LogP contribution in [0.3, 0.4) is 0 Å². The molecule has 0 unspecified atom stereocenters. The average molecular weight is 563 g/mol. The molecule has 0 saturated heterocycles. The van der Waals surface area contributed by atoms with Gasteiger partial charge in [0.15, 0.2) is 17.5 Å². The highest BCUT2D eigenvalue weighted by atomic mass is 127. The fraction of sp³-hybridized carbons (Fsp3) is 0.652. The largest absolute Gasteiger partial charge is 0.490 e. The van der Waals surface area contributed by atoms with Crippen LogP contribution in [-0.2, 0) is 14.3 Å². The van der Waals surface area contributed by atoms with Crippen LogP contribution in [0.2, 0.25) is 0 Å². The van der Waals surface area contributed by atoms with E-state index in [2.05, 4.69) is 34.2 Å². The summed E-state index contributed by atoms with van der Waals surface area (Å²) in [7, 11) is 1.41. The maximum Gasteiger partial charge on any atom is 0.305 e. The van der Waals surface area contributed by atoms with Gasteiger partial charge in [0.25, 0.3) is 0 Å². The number of aliphatic imine (C=N–C) groups is 1. The molecule has 0 aliphatic carbocycles. The third kappa shape index (κ3) is 11.8. The van der Waals surface area contributed by atoms with Gasteiger partial charge in [-0.05, 0) is 37.3 Å². The molecule has 1 aromatic rings. The summed E-state index contributed by atoms with van der Waals surface area (Å²) >= 11 is 0. The summed E-state index contributed by atoms with van der Waals surface area (Å²) in [6, 6.07) is 5.80. The first-order valence-electron chi connectivity index (χ1n) is 11.2. The van der Waals surface area contributed by atoms with E-state index in [0.29, 0.717) is 51.2 Å². The van der Waals surface area contributed by atoms with E-state index in [9.17, 15) is 4.79 Å². The van der Waals surface area contributed by atoms with Gasteiger partial charge in [-0.3, -0.25) is 9.79 Å². The maximum atomic E-state index is 11.2. The highest BCUT2D eigenvalue weighted by molar-refractivity contribution is 14.0. The highest BCUT2D eigenvalue weighted by Gasteiger charge is 2.11. The van der Waals surface area contributed by atoms with Crippen LogP contribution in [-0.4, -0.2) is 58.6 Å². The summed E-state index contributed by atoms with van der Waals surface area (Å²) < 4.78 is 21.8. The van der Waals surface area contributed by atoms with E-state index in [4.69, 9.17) is 14.2 Å². The predicted octanol–water partition coefficient (Wildman–Crippen LogP) is 4.23. The number of ether oxygens (including phenoxy) is 4. The van der Waals surface area contributed by atoms with Crippen molar-refractivity contribution in [2.45, 2.75) is 46.0 Å². The number of carbonyl (C=O) groups is 1. The third-order valence-corrected chi connectivity index (χ3v) is 4.51. The molecule has 0 radical (unpaired) electrons. The Kier molecular flexibility index (Phi) is 14.9. The number of methoxy groups -OCH3 is 1. The second-order valence-electron chi connectivity index (χ2n) is 7.85. The standard InChI is InChI=1S/C23H37N3O5.HI/c1-18(2)17-29-13-6-12-25-23(24-11-5-4-8-22(27)28-3)26-19-9-10-20-21(16-19)31-15-7-14-30-20;/h9-10,16,18H,4-8,11-15,17H2,1-3H3,(H2,24,25,26);1H. The van der Waals surface area contributed by atoms with Crippen molar-refractivity contribution in [3.05, 3.63) is 18.2 Å². The summed E-state index contributed by atoms with van der Waals surface area (Å²) in [4.78, 5) is 15.9. The van der Waals surface area contributed by atoms with Crippen LogP contribution in [0, 0.1) is 5.92 Å². The lowest BCUT2D eigenvalue weighted by Crippen LogP contribution is -2.32. The number of anilines is 1. The van der Waals surface area contributed by atoms with Crippen LogP contribution in [0.1, 0.15) is 46.0 Å². The van der Waals surface area contributed by atoms with Crippen molar-refractivity contribution in [1.29, 1.82) is 0 Å². The normalized spacial score (nSPS) is 13.2. The van der Waals surface area contributed by atoms with Gasteiger partial charge in [0.1, 0.15) is 0 Å². The second kappa shape index (κ2) is 16.8. The van der Waals surface area contributed by atoms with Crippen molar-refractivity contribution >= 4 is 41.6 Å². The van der Waals surface area contributed by atoms with E-state index < -0.39 is 0 Å². The molecule has 32 heavy (non-hydrogen) atoms. The molecule has 0 aromatic heterocycles. The van der Waals surface area contributed by atoms with Crippen molar-refractivity contribution < 1.29 is 23.7 Å². The van der Waals surface area contributed by atoms with Gasteiger partial charge >= 0.3 is 5.97 Å². The maximum absolute atomic E-state index is 11.2. The fourth-order valence-corrected chi connectivity index (χ4v) is 2.90. The lowest BCUT2D eigenvalue weighted by molar-refractivity contribution is -0.140. The summed E-state index contributed by atoms with van der Waals surface area (Å²) in [6.45, 7) is 8.41. The van der Waals surface area contributed by atoms with Crippen LogP contribution >= 0.6 is 24.0 Å². The first-order chi connectivity index (χ1) is 15.1. The van der Waals surface area contributed by atoms with Gasteiger partial charge in [-0.1, -0.05) is 13.8 Å². The molecule has 9 heteroatoms. The molecule has 2 rings (SSSR count). The zero-order valence-corrected chi connectivity index (χ0v) is 21.8. The molecular formula is C23H38IN3O5. The Morgan fingerprint density at radius 3 is 2.69 bits per heavy atom. The number of halogens is 1. The van der Waals surface area contributed by atoms with Crippen molar-refractivity contribution in [3.8, 4) is 11.5 Å². The summed E-state index contributed by atoms with van der Waals surface area (Å²) in [5.74, 6) is 2.55. The smallest absolute Gasteiger partial charge is 0.305 e. The van der Waals surface area contributed by atoms with Gasteiger partial charge in [-0.15, -0.1) is 24.0 Å². The second-order valence-corrected chi connectivity index (χ2v) is 7.85. The van der Waals surface area contributed by atoms with Crippen LogP contribution < -0.4 is 20.1 Å². The summed E-state index contributed by atoms with van der Waals surface area (Å²) in [5.41, 5.74) is 0.876. The van der Waals surface area contributed by atoms with Crippen LogP contribution in [0.5, 0.6) is 11.5 Å². The molecule has 8 nitrogen and oxygen atoms in total. The number of carbonyl (C=O) groups excluding carboxylic acids is 1. The van der Waals surface area contributed by atoms with Crippen molar-refractivity contribution in [3.63, 3.8) is 0 Å². The SMILES string of the molecule is COC(=O)CCCCNC(=NCCCOCC(C)C)Nc1ccc2c(c1)OCCCO2.I. The Morgan fingerprint density at radius 1 is 1.16 bits per heavy atom. The lowest BCUT2D eigenvalue weighted by Gasteiger charge is -2.15. The van der Waals surface area contributed by atoms with Crippen molar-refractivity contribution in [1.82, 2.24) is 5.32 Å². The lowest BCUT2D eigenvalue weighted by atomic mass is 10.2. The third-order valence-electron chi connectivity index (χ3n) is 4.51. The minimum Gasteiger partial charge on any atom is -0.490 e. The quantitative estimate of drug-likeness (QED) is 0.129. The molecule has 1 aliphatic rings. The Labute approximate surface area is 208 Å². The van der Waals surface area contributed by atoms with Gasteiger partial charge in [-0.25, -0.2) is 0 Å². The Hall–Kier alpha value is -1.75. The Bertz CT molecular complexity index is 700. The Balaban J connectivity index is 0.00000512. The van der Waals surface area contributed by atoms with Gasteiger partial charge in [-0.2, -0.15) is 0 Å². The number of hydrogen-bond donors (Lipinski definition) is 2. The molecule has 0 bridgehead atoms. The minimum absolute atomic E-state index is 0. The first kappa shape index (κ1) is 28.3. The topological polar surface area (TPSA) is 90.4 Å². The monoisotopic (exact) mass is 563 g/mol. The number of benzene rings is 1. The molecule has 0 spiro atoms. The molecule has 182 valence electrons. The zero-order chi connectivity index (χ0) is 22.3. The molecule has 0 atom stereocenters. The molecular weight excluding hydrogens is 525 g/mol. The van der Waals surface area contributed by atoms with Crippen LogP contribution in [0.4, 0.5) is 5.69 Å². The number of nitrogens with zero attached hydrogens (tertiary/aromatic N) is 1.